The molecule has 0 fully saturated rings. The molecule has 0 radical (unpaired) electrons. The highest BCUT2D eigenvalue weighted by atomic mass is 19.1. The highest BCUT2D eigenvalue weighted by Gasteiger charge is 2.11. The first-order valence-electron chi connectivity index (χ1n) is 9.52. The number of nitrogens with two attached hydrogens (primary N) is 1. The van der Waals surface area contributed by atoms with Crippen molar-refractivity contribution in [2.75, 3.05) is 11.9 Å². The lowest BCUT2D eigenvalue weighted by Crippen LogP contribution is -2.14. The molecule has 31 heavy (non-hydrogen) atoms. The molecule has 0 aliphatic carbocycles. The van der Waals surface area contributed by atoms with Crippen LogP contribution in [0.25, 0.3) is 5.70 Å². The number of nitrogens with zero attached hydrogens (tertiary/aromatic N) is 3. The molecule has 0 unspecified atom stereocenters. The fraction of sp³-hybridized carbons (Fsp3) is 0.286. The Morgan fingerprint density at radius 3 is 2.65 bits per heavy atom. The van der Waals surface area contributed by atoms with Crippen LogP contribution in [-0.2, 0) is 16.1 Å². The van der Waals surface area contributed by atoms with Crippen molar-refractivity contribution in [3.05, 3.63) is 59.6 Å². The van der Waals surface area contributed by atoms with Crippen molar-refractivity contribution in [2.24, 2.45) is 10.7 Å². The molecule has 0 atom stereocenters. The summed E-state index contributed by atoms with van der Waals surface area (Å²) < 4.78 is 27.7. The third-order valence-electron chi connectivity index (χ3n) is 4.14. The number of carboxylic acid groups (broad SMARTS) is 1. The zero-order chi connectivity index (χ0) is 22.8. The molecule has 1 aromatic carbocycles. The van der Waals surface area contributed by atoms with E-state index in [1.54, 1.807) is 18.2 Å². The maximum atomic E-state index is 14.0. The smallest absolute Gasteiger partial charge is 0.303 e. The Hall–Kier alpha value is -3.69. The summed E-state index contributed by atoms with van der Waals surface area (Å²) in [6.07, 6.45) is 3.16. The van der Waals surface area contributed by atoms with Crippen LogP contribution in [0.5, 0.6) is 0 Å². The number of rotatable bonds is 11. The number of carboxylic acids is 1. The van der Waals surface area contributed by atoms with Crippen LogP contribution in [0.2, 0.25) is 0 Å². The standard InChI is InChI=1S/C21H23F2N5O3/c1-13(29)18(26-11-14-6-2-3-7-15(14)22)10-17(24)21-27-12-16(23)20(28-21)25-9-5-4-8-19(30)31/h2-3,6-7,10,12H,4-5,8-9,11,24H2,1H3,(H,30,31)(H,25,27,28). The number of unbranched alkanes of at least 4 members (excludes halogenated alkanes) is 1. The number of anilines is 1. The van der Waals surface area contributed by atoms with Crippen LogP contribution in [0, 0.1) is 11.6 Å². The van der Waals surface area contributed by atoms with Crippen LogP contribution in [0.4, 0.5) is 14.6 Å². The van der Waals surface area contributed by atoms with E-state index >= 15 is 0 Å². The second kappa shape index (κ2) is 11.5. The average Bonchev–Trinajstić information content (AvgIpc) is 2.72. The molecule has 0 aliphatic heterocycles. The quantitative estimate of drug-likeness (QED) is 0.368. The first-order chi connectivity index (χ1) is 14.8. The van der Waals surface area contributed by atoms with Crippen molar-refractivity contribution < 1.29 is 23.5 Å². The van der Waals surface area contributed by atoms with Crippen molar-refractivity contribution in [1.29, 1.82) is 0 Å². The summed E-state index contributed by atoms with van der Waals surface area (Å²) >= 11 is 0. The van der Waals surface area contributed by atoms with Gasteiger partial charge in [-0.1, -0.05) is 18.2 Å². The second-order valence-corrected chi connectivity index (χ2v) is 6.62. The fourth-order valence-corrected chi connectivity index (χ4v) is 2.51. The minimum absolute atomic E-state index is 0.00291. The predicted molar refractivity (Wildman–Crippen MR) is 112 cm³/mol. The number of carbonyl (C=O) groups is 2. The summed E-state index contributed by atoms with van der Waals surface area (Å²) in [7, 11) is 0. The lowest BCUT2D eigenvalue weighted by Gasteiger charge is -2.08. The molecular weight excluding hydrogens is 408 g/mol. The number of Topliss-reactive ketones (excluding diaryl/α,β-unsaturated/α-hetero) is 1. The predicted octanol–water partition coefficient (Wildman–Crippen LogP) is 2.95. The number of allylic oxidation sites excluding steroid dienone is 1. The number of hydrogen-bond acceptors (Lipinski definition) is 7. The molecule has 0 saturated carbocycles. The molecule has 0 amide bonds. The molecule has 2 aromatic rings. The molecule has 0 aliphatic rings. The van der Waals surface area contributed by atoms with E-state index in [2.05, 4.69) is 20.3 Å². The van der Waals surface area contributed by atoms with E-state index in [0.29, 0.717) is 24.9 Å². The van der Waals surface area contributed by atoms with E-state index < -0.39 is 23.4 Å². The Morgan fingerprint density at radius 2 is 1.97 bits per heavy atom. The lowest BCUT2D eigenvalue weighted by atomic mass is 10.2. The molecule has 0 bridgehead atoms. The van der Waals surface area contributed by atoms with Gasteiger partial charge in [0.25, 0.3) is 0 Å². The molecule has 0 saturated heterocycles. The summed E-state index contributed by atoms with van der Waals surface area (Å²) in [5.74, 6) is -2.54. The van der Waals surface area contributed by atoms with E-state index in [4.69, 9.17) is 10.8 Å². The van der Waals surface area contributed by atoms with Gasteiger partial charge in [0.05, 0.1) is 18.4 Å². The van der Waals surface area contributed by atoms with Crippen molar-refractivity contribution >= 4 is 29.0 Å². The van der Waals surface area contributed by atoms with Crippen LogP contribution < -0.4 is 11.1 Å². The lowest BCUT2D eigenvalue weighted by molar-refractivity contribution is -0.137. The maximum Gasteiger partial charge on any atom is 0.303 e. The molecule has 2 rings (SSSR count). The molecule has 1 aromatic heterocycles. The molecule has 8 nitrogen and oxygen atoms in total. The summed E-state index contributed by atoms with van der Waals surface area (Å²) in [6.45, 7) is 1.55. The molecule has 4 N–H and O–H groups in total. The van der Waals surface area contributed by atoms with Gasteiger partial charge in [0.2, 0.25) is 0 Å². The zero-order valence-corrected chi connectivity index (χ0v) is 16.9. The number of aliphatic carboxylic acids is 1. The van der Waals surface area contributed by atoms with Crippen molar-refractivity contribution in [1.82, 2.24) is 9.97 Å². The number of aromatic nitrogens is 2. The Balaban J connectivity index is 2.14. The van der Waals surface area contributed by atoms with E-state index in [0.717, 1.165) is 6.20 Å². The van der Waals surface area contributed by atoms with Crippen LogP contribution in [0.1, 0.15) is 37.6 Å². The van der Waals surface area contributed by atoms with Gasteiger partial charge in [-0.3, -0.25) is 14.6 Å². The Bertz CT molecular complexity index is 1010. The SMILES string of the molecule is CC(=O)C(C=C(N)c1ncc(F)c(NCCCCC(=O)O)n1)=NCc1ccccc1F. The fourth-order valence-electron chi connectivity index (χ4n) is 2.51. The van der Waals surface area contributed by atoms with Gasteiger partial charge in [0.15, 0.2) is 23.2 Å². The third-order valence-corrected chi connectivity index (χ3v) is 4.14. The minimum atomic E-state index is -0.897. The van der Waals surface area contributed by atoms with E-state index in [1.807, 2.05) is 0 Å². The molecular formula is C21H23F2N5O3. The second-order valence-electron chi connectivity index (χ2n) is 6.62. The van der Waals surface area contributed by atoms with Gasteiger partial charge in [-0.25, -0.2) is 18.7 Å². The van der Waals surface area contributed by atoms with Crippen LogP contribution >= 0.6 is 0 Å². The summed E-state index contributed by atoms with van der Waals surface area (Å²) in [5, 5.41) is 11.4. The average molecular weight is 431 g/mol. The summed E-state index contributed by atoms with van der Waals surface area (Å²) in [5.41, 5.74) is 6.27. The number of carbonyl (C=O) groups excluding carboxylic acids is 1. The van der Waals surface area contributed by atoms with Crippen molar-refractivity contribution in [2.45, 2.75) is 32.7 Å². The highest BCUT2D eigenvalue weighted by molar-refractivity contribution is 6.44. The third kappa shape index (κ3) is 7.57. The molecule has 1 heterocycles. The van der Waals surface area contributed by atoms with Gasteiger partial charge in [0, 0.05) is 25.5 Å². The topological polar surface area (TPSA) is 131 Å². The molecule has 0 spiro atoms. The normalized spacial score (nSPS) is 12.0. The monoisotopic (exact) mass is 431 g/mol. The summed E-state index contributed by atoms with van der Waals surface area (Å²) in [4.78, 5) is 34.4. The maximum absolute atomic E-state index is 14.0. The van der Waals surface area contributed by atoms with Crippen LogP contribution in [-0.4, -0.2) is 39.1 Å². The van der Waals surface area contributed by atoms with Crippen LogP contribution in [0.3, 0.4) is 0 Å². The van der Waals surface area contributed by atoms with E-state index in [1.165, 1.54) is 19.1 Å². The van der Waals surface area contributed by atoms with E-state index in [9.17, 15) is 18.4 Å². The number of halogens is 2. The highest BCUT2D eigenvalue weighted by Crippen LogP contribution is 2.14. The minimum Gasteiger partial charge on any atom is -0.481 e. The number of aliphatic imine (C=N–C) groups is 1. The molecule has 10 heteroatoms. The van der Waals surface area contributed by atoms with E-state index in [-0.39, 0.29) is 36.0 Å². The summed E-state index contributed by atoms with van der Waals surface area (Å²) in [6, 6.07) is 6.07. The number of benzene rings is 1. The van der Waals surface area contributed by atoms with Gasteiger partial charge in [-0.15, -0.1) is 0 Å². The number of nitrogens with one attached hydrogen (secondary N) is 1. The Labute approximate surface area is 177 Å². The zero-order valence-electron chi connectivity index (χ0n) is 16.9. The van der Waals surface area contributed by atoms with Gasteiger partial charge < -0.3 is 16.2 Å². The first-order valence-corrected chi connectivity index (χ1v) is 9.52. The Morgan fingerprint density at radius 1 is 1.23 bits per heavy atom. The van der Waals surface area contributed by atoms with Gasteiger partial charge in [-0.2, -0.15) is 0 Å². The first kappa shape index (κ1) is 23.6. The number of hydrogen-bond donors (Lipinski definition) is 3. The number of ketones is 1. The van der Waals surface area contributed by atoms with Crippen molar-refractivity contribution in [3.8, 4) is 0 Å². The van der Waals surface area contributed by atoms with Gasteiger partial charge >= 0.3 is 5.97 Å². The molecule has 164 valence electrons. The largest absolute Gasteiger partial charge is 0.481 e. The van der Waals surface area contributed by atoms with Gasteiger partial charge in [0.1, 0.15) is 11.5 Å². The van der Waals surface area contributed by atoms with Crippen molar-refractivity contribution in [3.63, 3.8) is 0 Å². The van der Waals surface area contributed by atoms with Crippen LogP contribution in [0.15, 0.2) is 41.5 Å². The Kier molecular flexibility index (Phi) is 8.74. The van der Waals surface area contributed by atoms with Gasteiger partial charge in [-0.05, 0) is 25.0 Å².